The molecule has 0 aliphatic carbocycles. The summed E-state index contributed by atoms with van der Waals surface area (Å²) < 4.78 is 8.73. The average Bonchev–Trinajstić information content (AvgIpc) is 3.87. The molecule has 0 saturated heterocycles. The lowest BCUT2D eigenvalue weighted by Crippen LogP contribution is -2.10. The molecule has 0 fully saturated rings. The number of fused-ring (bicyclic) bond motifs is 7. The van der Waals surface area contributed by atoms with Crippen molar-refractivity contribution in [1.29, 1.82) is 0 Å². The van der Waals surface area contributed by atoms with Gasteiger partial charge < -0.3 is 13.9 Å². The molecule has 0 bridgehead atoms. The second-order valence-electron chi connectivity index (χ2n) is 15.7. The fraction of sp³-hybridized carbons (Fsp3) is 0. The number of hydrogen-bond donors (Lipinski definition) is 0. The molecule has 0 unspecified atom stereocenters. The first kappa shape index (κ1) is 34.9. The minimum atomic E-state index is 0.876. The van der Waals surface area contributed by atoms with Gasteiger partial charge in [-0.05, 0) is 105 Å². The van der Waals surface area contributed by atoms with Crippen LogP contribution in [-0.4, -0.2) is 4.57 Å². The van der Waals surface area contributed by atoms with Gasteiger partial charge in [0, 0.05) is 44.2 Å². The van der Waals surface area contributed by atoms with Gasteiger partial charge >= 0.3 is 0 Å². The number of benzene rings is 10. The van der Waals surface area contributed by atoms with E-state index in [0.29, 0.717) is 0 Å². The standard InChI is InChI=1S/C58H38N2O/c1-2-14-39(15-3-1)42-30-34-49(56(37-42)60-54-25-9-6-21-50(54)51-22-7-10-26-55(51)60)41-28-31-44(32-29-41)59(46-33-35-58-53(38-46)52-23-8-11-27-57(52)61-58)45-19-12-18-43(36-45)48-24-13-17-40-16-4-5-20-47(40)48/h1-38H. The van der Waals surface area contributed by atoms with Gasteiger partial charge in [-0.25, -0.2) is 0 Å². The predicted molar refractivity (Wildman–Crippen MR) is 257 cm³/mol. The highest BCUT2D eigenvalue weighted by atomic mass is 16.3. The lowest BCUT2D eigenvalue weighted by molar-refractivity contribution is 0.669. The van der Waals surface area contributed by atoms with Crippen molar-refractivity contribution < 1.29 is 4.42 Å². The maximum absolute atomic E-state index is 6.29. The third-order valence-corrected chi connectivity index (χ3v) is 12.2. The number of aromatic nitrogens is 1. The summed E-state index contributed by atoms with van der Waals surface area (Å²) in [6.45, 7) is 0. The molecule has 2 heterocycles. The van der Waals surface area contributed by atoms with E-state index in [1.54, 1.807) is 0 Å². The molecule has 0 saturated carbocycles. The zero-order valence-electron chi connectivity index (χ0n) is 33.2. The molecule has 0 N–H and O–H groups in total. The van der Waals surface area contributed by atoms with Gasteiger partial charge in [0.2, 0.25) is 0 Å². The van der Waals surface area contributed by atoms with Gasteiger partial charge in [0.05, 0.1) is 16.7 Å². The van der Waals surface area contributed by atoms with E-state index < -0.39 is 0 Å². The zero-order valence-corrected chi connectivity index (χ0v) is 33.2. The summed E-state index contributed by atoms with van der Waals surface area (Å²) in [7, 11) is 0. The topological polar surface area (TPSA) is 21.3 Å². The SMILES string of the molecule is c1ccc(-c2ccc(-c3ccc(N(c4cccc(-c5cccc6ccccc56)c4)c4ccc5oc6ccccc6c5c4)cc3)c(-n3c4ccccc4c4ccccc43)c2)cc1. The number of anilines is 3. The van der Waals surface area contributed by atoms with E-state index in [2.05, 4.69) is 228 Å². The van der Waals surface area contributed by atoms with Crippen LogP contribution in [0.15, 0.2) is 235 Å². The summed E-state index contributed by atoms with van der Waals surface area (Å²) in [5.74, 6) is 0. The van der Waals surface area contributed by atoms with Crippen LogP contribution in [0.3, 0.4) is 0 Å². The van der Waals surface area contributed by atoms with Crippen molar-refractivity contribution in [1.82, 2.24) is 4.57 Å². The van der Waals surface area contributed by atoms with Gasteiger partial charge in [-0.3, -0.25) is 0 Å². The van der Waals surface area contributed by atoms with E-state index in [-0.39, 0.29) is 0 Å². The minimum Gasteiger partial charge on any atom is -0.456 e. The summed E-state index contributed by atoms with van der Waals surface area (Å²) in [5, 5.41) is 7.15. The van der Waals surface area contributed by atoms with Crippen LogP contribution in [0.2, 0.25) is 0 Å². The van der Waals surface area contributed by atoms with Gasteiger partial charge in [-0.1, -0.05) is 164 Å². The lowest BCUT2D eigenvalue weighted by atomic mass is 9.97. The smallest absolute Gasteiger partial charge is 0.135 e. The predicted octanol–water partition coefficient (Wildman–Crippen LogP) is 16.3. The average molecular weight is 779 g/mol. The van der Waals surface area contributed by atoms with Crippen LogP contribution in [0.4, 0.5) is 17.1 Å². The van der Waals surface area contributed by atoms with E-state index in [4.69, 9.17) is 4.42 Å². The second kappa shape index (κ2) is 14.3. The summed E-state index contributed by atoms with van der Waals surface area (Å²) in [6.07, 6.45) is 0. The van der Waals surface area contributed by atoms with Crippen molar-refractivity contribution in [3.63, 3.8) is 0 Å². The highest BCUT2D eigenvalue weighted by molar-refractivity contribution is 6.10. The van der Waals surface area contributed by atoms with Crippen molar-refractivity contribution in [3.8, 4) is 39.1 Å². The van der Waals surface area contributed by atoms with E-state index in [1.165, 1.54) is 54.8 Å². The third-order valence-electron chi connectivity index (χ3n) is 12.2. The van der Waals surface area contributed by atoms with E-state index in [0.717, 1.165) is 55.8 Å². The first-order valence-electron chi connectivity index (χ1n) is 20.8. The molecule has 3 heteroatoms. The highest BCUT2D eigenvalue weighted by Crippen LogP contribution is 2.43. The lowest BCUT2D eigenvalue weighted by Gasteiger charge is -2.26. The van der Waals surface area contributed by atoms with E-state index >= 15 is 0 Å². The van der Waals surface area contributed by atoms with E-state index in [9.17, 15) is 0 Å². The number of nitrogens with zero attached hydrogens (tertiary/aromatic N) is 2. The van der Waals surface area contributed by atoms with Crippen molar-refractivity contribution in [3.05, 3.63) is 231 Å². The van der Waals surface area contributed by atoms with Crippen LogP contribution in [0.1, 0.15) is 0 Å². The van der Waals surface area contributed by atoms with Crippen LogP contribution >= 0.6 is 0 Å². The highest BCUT2D eigenvalue weighted by Gasteiger charge is 2.20. The fourth-order valence-electron chi connectivity index (χ4n) is 9.33. The normalized spacial score (nSPS) is 11.6. The van der Waals surface area contributed by atoms with Crippen molar-refractivity contribution >= 4 is 71.6 Å². The van der Waals surface area contributed by atoms with Crippen molar-refractivity contribution in [2.75, 3.05) is 4.90 Å². The number of furan rings is 1. The Hall–Kier alpha value is -8.14. The molecule has 12 rings (SSSR count). The van der Waals surface area contributed by atoms with Gasteiger partial charge in [0.15, 0.2) is 0 Å². The Bertz CT molecular complexity index is 3540. The summed E-state index contributed by atoms with van der Waals surface area (Å²) in [6, 6.07) is 83.1. The number of rotatable bonds is 7. The monoisotopic (exact) mass is 778 g/mol. The fourth-order valence-corrected chi connectivity index (χ4v) is 9.33. The van der Waals surface area contributed by atoms with Crippen LogP contribution in [0, 0.1) is 0 Å². The Balaban J connectivity index is 1.04. The Morgan fingerprint density at radius 2 is 0.902 bits per heavy atom. The molecule has 2 aromatic heterocycles. The Labute approximate surface area is 353 Å². The zero-order chi connectivity index (χ0) is 40.3. The van der Waals surface area contributed by atoms with Gasteiger partial charge in [0.1, 0.15) is 11.2 Å². The first-order chi connectivity index (χ1) is 30.2. The molecule has 12 aromatic rings. The van der Waals surface area contributed by atoms with Crippen LogP contribution < -0.4 is 4.90 Å². The largest absolute Gasteiger partial charge is 0.456 e. The molecular weight excluding hydrogens is 741 g/mol. The van der Waals surface area contributed by atoms with Crippen LogP contribution in [0.25, 0.3) is 93.6 Å². The Morgan fingerprint density at radius 3 is 1.70 bits per heavy atom. The molecule has 0 atom stereocenters. The van der Waals surface area contributed by atoms with Gasteiger partial charge in [0.25, 0.3) is 0 Å². The van der Waals surface area contributed by atoms with Gasteiger partial charge in [-0.2, -0.15) is 0 Å². The van der Waals surface area contributed by atoms with Crippen LogP contribution in [-0.2, 0) is 0 Å². The maximum atomic E-state index is 6.29. The van der Waals surface area contributed by atoms with Crippen LogP contribution in [0.5, 0.6) is 0 Å². The third kappa shape index (κ3) is 5.90. The molecule has 0 spiro atoms. The molecule has 10 aromatic carbocycles. The minimum absolute atomic E-state index is 0.876. The molecule has 3 nitrogen and oxygen atoms in total. The molecule has 0 aliphatic heterocycles. The summed E-state index contributed by atoms with van der Waals surface area (Å²) >= 11 is 0. The second-order valence-corrected chi connectivity index (χ2v) is 15.7. The quantitative estimate of drug-likeness (QED) is 0.161. The summed E-state index contributed by atoms with van der Waals surface area (Å²) in [4.78, 5) is 2.37. The van der Waals surface area contributed by atoms with Crippen molar-refractivity contribution in [2.24, 2.45) is 0 Å². The first-order valence-corrected chi connectivity index (χ1v) is 20.8. The number of para-hydroxylation sites is 3. The maximum Gasteiger partial charge on any atom is 0.135 e. The molecule has 286 valence electrons. The van der Waals surface area contributed by atoms with Gasteiger partial charge in [-0.15, -0.1) is 0 Å². The molecule has 0 radical (unpaired) electrons. The molecule has 0 amide bonds. The summed E-state index contributed by atoms with van der Waals surface area (Å²) in [5.41, 5.74) is 15.5. The number of hydrogen-bond acceptors (Lipinski definition) is 2. The molecule has 61 heavy (non-hydrogen) atoms. The Morgan fingerprint density at radius 1 is 0.311 bits per heavy atom. The molecule has 0 aliphatic rings. The van der Waals surface area contributed by atoms with E-state index in [1.807, 2.05) is 12.1 Å². The Kier molecular flexibility index (Phi) is 8.17. The molecular formula is C58H38N2O. The van der Waals surface area contributed by atoms with Crippen molar-refractivity contribution in [2.45, 2.75) is 0 Å².